The molecule has 3 rings (SSSR count). The molecule has 1 aromatic heterocycles. The van der Waals surface area contributed by atoms with Crippen LogP contribution >= 0.6 is 0 Å². The molecule has 10 heteroatoms. The van der Waals surface area contributed by atoms with Crippen molar-refractivity contribution in [3.05, 3.63) is 46.1 Å². The number of halogens is 3. The molecule has 0 radical (unpaired) electrons. The highest BCUT2D eigenvalue weighted by molar-refractivity contribution is 5.92. The predicted octanol–water partition coefficient (Wildman–Crippen LogP) is 3.22. The van der Waals surface area contributed by atoms with E-state index in [-0.39, 0.29) is 12.5 Å². The number of carbonyl (C=O) groups is 1. The highest BCUT2D eigenvalue weighted by Crippen LogP contribution is 2.28. The number of anilines is 1. The van der Waals surface area contributed by atoms with Gasteiger partial charge in [-0.1, -0.05) is 25.5 Å². The van der Waals surface area contributed by atoms with Gasteiger partial charge in [-0.2, -0.15) is 13.2 Å². The van der Waals surface area contributed by atoms with Gasteiger partial charge in [-0.15, -0.1) is 5.10 Å². The summed E-state index contributed by atoms with van der Waals surface area (Å²) >= 11 is 0. The quantitative estimate of drug-likeness (QED) is 0.719. The van der Waals surface area contributed by atoms with Gasteiger partial charge < -0.3 is 5.32 Å². The Hall–Kier alpha value is -2.62. The first-order valence-corrected chi connectivity index (χ1v) is 10.5. The third-order valence-corrected chi connectivity index (χ3v) is 5.58. The average Bonchev–Trinajstić information content (AvgIpc) is 3.03. The molecule has 1 amide bonds. The first-order chi connectivity index (χ1) is 14.7. The lowest BCUT2D eigenvalue weighted by Crippen LogP contribution is -2.41. The zero-order valence-electron chi connectivity index (χ0n) is 17.8. The molecule has 1 aliphatic rings. The molecule has 1 fully saturated rings. The topological polar surface area (TPSA) is 72.2 Å². The summed E-state index contributed by atoms with van der Waals surface area (Å²) in [5.74, 6) is -1.34. The first-order valence-electron chi connectivity index (χ1n) is 10.5. The molecule has 0 saturated carbocycles. The van der Waals surface area contributed by atoms with Crippen molar-refractivity contribution in [2.75, 3.05) is 25.0 Å². The van der Waals surface area contributed by atoms with Gasteiger partial charge in [-0.05, 0) is 43.4 Å². The van der Waals surface area contributed by atoms with Gasteiger partial charge in [-0.3, -0.25) is 14.3 Å². The molecule has 0 aliphatic carbocycles. The Labute approximate surface area is 178 Å². The summed E-state index contributed by atoms with van der Waals surface area (Å²) in [6, 6.07) is 7.39. The van der Waals surface area contributed by atoms with E-state index in [2.05, 4.69) is 17.3 Å². The molecule has 0 bridgehead atoms. The smallest absolute Gasteiger partial charge is 0.325 e. The molecule has 1 aromatic carbocycles. The van der Waals surface area contributed by atoms with Crippen molar-refractivity contribution < 1.29 is 18.0 Å². The fourth-order valence-corrected chi connectivity index (χ4v) is 3.80. The lowest BCUT2D eigenvalue weighted by atomic mass is 10.1. The van der Waals surface area contributed by atoms with Crippen molar-refractivity contribution >= 4 is 11.6 Å². The van der Waals surface area contributed by atoms with E-state index in [1.165, 1.54) is 5.56 Å². The molecule has 2 aromatic rings. The second-order valence-corrected chi connectivity index (χ2v) is 7.96. The van der Waals surface area contributed by atoms with E-state index in [0.29, 0.717) is 30.5 Å². The van der Waals surface area contributed by atoms with Crippen LogP contribution in [0.15, 0.2) is 29.1 Å². The number of amides is 1. The van der Waals surface area contributed by atoms with Gasteiger partial charge in [0, 0.05) is 25.8 Å². The molecule has 2 heterocycles. The Morgan fingerprint density at radius 2 is 1.84 bits per heavy atom. The highest BCUT2D eigenvalue weighted by atomic mass is 19.4. The molecule has 1 saturated heterocycles. The maximum absolute atomic E-state index is 13.0. The molecule has 0 spiro atoms. The third kappa shape index (κ3) is 5.75. The number of benzene rings is 1. The van der Waals surface area contributed by atoms with Crippen LogP contribution in [0.1, 0.15) is 50.0 Å². The van der Waals surface area contributed by atoms with Gasteiger partial charge in [0.2, 0.25) is 11.7 Å². The summed E-state index contributed by atoms with van der Waals surface area (Å²) in [4.78, 5) is 26.4. The summed E-state index contributed by atoms with van der Waals surface area (Å²) in [5.41, 5.74) is 1.20. The number of nitrogens with zero attached hydrogens (tertiary/aromatic N) is 4. The molecular formula is C21H28F3N5O2. The van der Waals surface area contributed by atoms with Gasteiger partial charge in [0.05, 0.1) is 12.6 Å². The number of nitrogens with one attached hydrogen (secondary N) is 1. The first kappa shape index (κ1) is 23.1. The normalized spacial score (nSPS) is 15.9. The number of unbranched alkanes of at least 4 members (excludes halogenated alkanes) is 1. The van der Waals surface area contributed by atoms with Gasteiger partial charge in [0.15, 0.2) is 0 Å². The standard InChI is InChI=1S/C21H28F3N5O2/c1-3-4-5-15-6-8-16(9-7-15)25-18(30)14-28-12-10-17(11-13-28)29-20(31)27(2)19(26-29)21(22,23)24/h6-9,17H,3-5,10-14H2,1-2H3,(H,25,30). The fraction of sp³-hybridized carbons (Fsp3) is 0.571. The van der Waals surface area contributed by atoms with E-state index in [0.717, 1.165) is 36.7 Å². The number of rotatable bonds is 7. The summed E-state index contributed by atoms with van der Waals surface area (Å²) in [6.07, 6.45) is -0.492. The summed E-state index contributed by atoms with van der Waals surface area (Å²) in [5, 5.41) is 6.39. The fourth-order valence-electron chi connectivity index (χ4n) is 3.80. The average molecular weight is 439 g/mol. The molecule has 31 heavy (non-hydrogen) atoms. The molecule has 0 unspecified atom stereocenters. The molecule has 0 atom stereocenters. The van der Waals surface area contributed by atoms with Crippen LogP contribution in [0, 0.1) is 0 Å². The lowest BCUT2D eigenvalue weighted by molar-refractivity contribution is -0.147. The van der Waals surface area contributed by atoms with Crippen molar-refractivity contribution in [3.8, 4) is 0 Å². The second kappa shape index (κ2) is 9.67. The van der Waals surface area contributed by atoms with E-state index < -0.39 is 23.7 Å². The minimum Gasteiger partial charge on any atom is -0.325 e. The van der Waals surface area contributed by atoms with Crippen molar-refractivity contribution in [1.29, 1.82) is 0 Å². The van der Waals surface area contributed by atoms with Crippen molar-refractivity contribution in [1.82, 2.24) is 19.2 Å². The van der Waals surface area contributed by atoms with Crippen LogP contribution in [-0.2, 0) is 24.4 Å². The molecule has 7 nitrogen and oxygen atoms in total. The van der Waals surface area contributed by atoms with E-state index in [9.17, 15) is 22.8 Å². The minimum atomic E-state index is -4.67. The van der Waals surface area contributed by atoms with Gasteiger partial charge in [0.1, 0.15) is 0 Å². The van der Waals surface area contributed by atoms with Gasteiger partial charge >= 0.3 is 11.9 Å². The van der Waals surface area contributed by atoms with Crippen LogP contribution in [0.5, 0.6) is 0 Å². The number of carbonyl (C=O) groups excluding carboxylic acids is 1. The Bertz CT molecular complexity index is 941. The Morgan fingerprint density at radius 3 is 2.39 bits per heavy atom. The maximum atomic E-state index is 13.0. The Kier molecular flexibility index (Phi) is 7.19. The number of hydrogen-bond acceptors (Lipinski definition) is 4. The van der Waals surface area contributed by atoms with Crippen LogP contribution in [-0.4, -0.2) is 44.8 Å². The highest BCUT2D eigenvalue weighted by Gasteiger charge is 2.39. The van der Waals surface area contributed by atoms with Crippen LogP contribution < -0.4 is 11.0 Å². The van der Waals surface area contributed by atoms with E-state index in [1.807, 2.05) is 29.2 Å². The number of likely N-dealkylation sites (tertiary alicyclic amines) is 1. The zero-order valence-corrected chi connectivity index (χ0v) is 17.8. The summed E-state index contributed by atoms with van der Waals surface area (Å²) < 4.78 is 40.4. The number of aryl methyl sites for hydroxylation is 1. The molecule has 1 aliphatic heterocycles. The summed E-state index contributed by atoms with van der Waals surface area (Å²) in [7, 11) is 1.07. The van der Waals surface area contributed by atoms with Gasteiger partial charge in [0.25, 0.3) is 0 Å². The number of aromatic nitrogens is 3. The van der Waals surface area contributed by atoms with Crippen LogP contribution in [0.25, 0.3) is 0 Å². The zero-order chi connectivity index (χ0) is 22.6. The monoisotopic (exact) mass is 439 g/mol. The van der Waals surface area contributed by atoms with Crippen molar-refractivity contribution in [2.24, 2.45) is 7.05 Å². The van der Waals surface area contributed by atoms with Crippen molar-refractivity contribution in [2.45, 2.75) is 51.2 Å². The largest absolute Gasteiger partial charge is 0.451 e. The van der Waals surface area contributed by atoms with E-state index in [4.69, 9.17) is 0 Å². The number of alkyl halides is 3. The van der Waals surface area contributed by atoms with Gasteiger partial charge in [-0.25, -0.2) is 9.48 Å². The lowest BCUT2D eigenvalue weighted by Gasteiger charge is -2.31. The second-order valence-electron chi connectivity index (χ2n) is 7.96. The molecule has 170 valence electrons. The Morgan fingerprint density at radius 1 is 1.19 bits per heavy atom. The predicted molar refractivity (Wildman–Crippen MR) is 111 cm³/mol. The van der Waals surface area contributed by atoms with E-state index in [1.54, 1.807) is 0 Å². The molecule has 1 N–H and O–H groups in total. The number of hydrogen-bond donors (Lipinski definition) is 1. The number of piperidine rings is 1. The van der Waals surface area contributed by atoms with Crippen LogP contribution in [0.4, 0.5) is 18.9 Å². The van der Waals surface area contributed by atoms with E-state index >= 15 is 0 Å². The van der Waals surface area contributed by atoms with Crippen molar-refractivity contribution in [3.63, 3.8) is 0 Å². The Balaban J connectivity index is 1.51. The SMILES string of the molecule is CCCCc1ccc(NC(=O)CN2CCC(n3nc(C(F)(F)F)n(C)c3=O)CC2)cc1. The van der Waals surface area contributed by atoms with Crippen LogP contribution in [0.2, 0.25) is 0 Å². The van der Waals surface area contributed by atoms with Crippen LogP contribution in [0.3, 0.4) is 0 Å². The molecular weight excluding hydrogens is 411 g/mol. The third-order valence-electron chi connectivity index (χ3n) is 5.58. The minimum absolute atomic E-state index is 0.144. The summed E-state index contributed by atoms with van der Waals surface area (Å²) in [6.45, 7) is 3.33. The maximum Gasteiger partial charge on any atom is 0.451 e.